The molecular formula is C30H48O. The summed E-state index contributed by atoms with van der Waals surface area (Å²) in [7, 11) is 0. The number of ketones is 1. The molecule has 0 spiro atoms. The molecule has 0 aromatic carbocycles. The Bertz CT molecular complexity index is 807. The van der Waals surface area contributed by atoms with Crippen molar-refractivity contribution in [2.75, 3.05) is 0 Å². The average molecular weight is 425 g/mol. The summed E-state index contributed by atoms with van der Waals surface area (Å²) in [6, 6.07) is 0. The highest BCUT2D eigenvalue weighted by molar-refractivity contribution is 5.85. The maximum Gasteiger partial charge on any atom is 0.138 e. The summed E-state index contributed by atoms with van der Waals surface area (Å²) >= 11 is 0. The summed E-state index contributed by atoms with van der Waals surface area (Å²) in [4.78, 5) is 12.9. The summed E-state index contributed by atoms with van der Waals surface area (Å²) in [5.74, 6) is 4.33. The van der Waals surface area contributed by atoms with Crippen molar-refractivity contribution in [2.24, 2.45) is 56.7 Å². The Morgan fingerprint density at radius 2 is 1.52 bits per heavy atom. The third kappa shape index (κ3) is 2.59. The minimum Gasteiger partial charge on any atom is -0.299 e. The van der Waals surface area contributed by atoms with Gasteiger partial charge in [0.25, 0.3) is 0 Å². The Morgan fingerprint density at radius 1 is 0.806 bits per heavy atom. The number of hydrogen-bond donors (Lipinski definition) is 0. The van der Waals surface area contributed by atoms with Crippen LogP contribution >= 0.6 is 0 Å². The molecule has 31 heavy (non-hydrogen) atoms. The Kier molecular flexibility index (Phi) is 4.66. The van der Waals surface area contributed by atoms with Crippen LogP contribution in [0.15, 0.2) is 12.2 Å². The maximum absolute atomic E-state index is 12.9. The van der Waals surface area contributed by atoms with Gasteiger partial charge in [0.15, 0.2) is 0 Å². The molecule has 0 unspecified atom stereocenters. The SMILES string of the molecule is C=C(C)[C@H]1CC[C@@]2(C)CC[C@]3(C)[C@H](CC[C@H]4[C@@]5(C)CCC(=O)C(C)(C)[C@H]5CC[C@@]43C)[C@@H]12. The highest BCUT2D eigenvalue weighted by atomic mass is 16.1. The fourth-order valence-electron chi connectivity index (χ4n) is 11.3. The molecule has 0 bridgehead atoms. The van der Waals surface area contributed by atoms with Crippen LogP contribution in [0.4, 0.5) is 0 Å². The minimum atomic E-state index is -0.131. The topological polar surface area (TPSA) is 17.1 Å². The molecule has 5 aliphatic carbocycles. The van der Waals surface area contributed by atoms with Gasteiger partial charge in [-0.1, -0.05) is 53.7 Å². The molecule has 0 aliphatic heterocycles. The lowest BCUT2D eigenvalue weighted by Gasteiger charge is -2.72. The third-order valence-electron chi connectivity index (χ3n) is 13.2. The van der Waals surface area contributed by atoms with Crippen molar-refractivity contribution >= 4 is 5.78 Å². The summed E-state index contributed by atoms with van der Waals surface area (Å²) in [5.41, 5.74) is 3.06. The van der Waals surface area contributed by atoms with Crippen LogP contribution in [0.2, 0.25) is 0 Å². The number of rotatable bonds is 1. The second kappa shape index (κ2) is 6.50. The van der Waals surface area contributed by atoms with Crippen molar-refractivity contribution in [1.29, 1.82) is 0 Å². The van der Waals surface area contributed by atoms with Gasteiger partial charge in [-0.2, -0.15) is 0 Å². The van der Waals surface area contributed by atoms with Crippen LogP contribution in [-0.4, -0.2) is 5.78 Å². The largest absolute Gasteiger partial charge is 0.299 e. The van der Waals surface area contributed by atoms with Gasteiger partial charge in [-0.15, -0.1) is 0 Å². The Labute approximate surface area is 192 Å². The second-order valence-electron chi connectivity index (χ2n) is 14.5. The van der Waals surface area contributed by atoms with Gasteiger partial charge in [0, 0.05) is 11.8 Å². The van der Waals surface area contributed by atoms with Crippen LogP contribution in [0.3, 0.4) is 0 Å². The number of hydrogen-bond acceptors (Lipinski definition) is 1. The van der Waals surface area contributed by atoms with Crippen molar-refractivity contribution in [3.05, 3.63) is 12.2 Å². The molecule has 174 valence electrons. The van der Waals surface area contributed by atoms with Gasteiger partial charge in [-0.3, -0.25) is 4.79 Å². The fraction of sp³-hybridized carbons (Fsp3) is 0.900. The molecule has 5 saturated carbocycles. The zero-order valence-corrected chi connectivity index (χ0v) is 21.6. The molecular weight excluding hydrogens is 376 g/mol. The Hall–Kier alpha value is -0.590. The minimum absolute atomic E-state index is 0.131. The Balaban J connectivity index is 1.55. The lowest BCUT2D eigenvalue weighted by Crippen LogP contribution is -2.66. The van der Waals surface area contributed by atoms with Crippen LogP contribution in [0.5, 0.6) is 0 Å². The zero-order valence-electron chi connectivity index (χ0n) is 21.6. The standard InChI is InChI=1S/C30H48O/c1-19(2)20-11-14-27(5)17-18-29(7)21(25(20)27)9-10-23-28(6)15-13-24(31)26(3,4)22(28)12-16-30(23,29)8/h20-23,25H,1,9-18H2,2-8H3/t20-,21-,22-,23+,25-,27+,28+,29-,30+/m1/s1. The molecule has 5 fully saturated rings. The van der Waals surface area contributed by atoms with E-state index >= 15 is 0 Å². The van der Waals surface area contributed by atoms with E-state index in [0.29, 0.717) is 33.4 Å². The van der Waals surface area contributed by atoms with E-state index in [4.69, 9.17) is 0 Å². The summed E-state index contributed by atoms with van der Waals surface area (Å²) in [6.07, 6.45) is 13.0. The van der Waals surface area contributed by atoms with Crippen molar-refractivity contribution < 1.29 is 4.79 Å². The smallest absolute Gasteiger partial charge is 0.138 e. The number of carbonyl (C=O) groups is 1. The lowest BCUT2D eigenvalue weighted by molar-refractivity contribution is -0.232. The van der Waals surface area contributed by atoms with Crippen LogP contribution in [0.1, 0.15) is 113 Å². The molecule has 0 N–H and O–H groups in total. The quantitative estimate of drug-likeness (QED) is 0.387. The fourth-order valence-corrected chi connectivity index (χ4v) is 11.3. The van der Waals surface area contributed by atoms with E-state index < -0.39 is 0 Å². The second-order valence-corrected chi connectivity index (χ2v) is 14.5. The van der Waals surface area contributed by atoms with Gasteiger partial charge in [0.2, 0.25) is 0 Å². The van der Waals surface area contributed by atoms with Crippen molar-refractivity contribution in [3.8, 4) is 0 Å². The molecule has 1 nitrogen and oxygen atoms in total. The monoisotopic (exact) mass is 424 g/mol. The highest BCUT2D eigenvalue weighted by Gasteiger charge is 2.70. The first-order valence-corrected chi connectivity index (χ1v) is 13.5. The van der Waals surface area contributed by atoms with E-state index in [1.54, 1.807) is 0 Å². The number of Topliss-reactive ketones (excluding diaryl/α,β-unsaturated/α-hetero) is 1. The average Bonchev–Trinajstić information content (AvgIpc) is 3.04. The molecule has 0 radical (unpaired) electrons. The first kappa shape index (κ1) is 22.2. The van der Waals surface area contributed by atoms with E-state index in [1.807, 2.05) is 0 Å². The first-order chi connectivity index (χ1) is 14.3. The normalized spacial score (nSPS) is 55.6. The van der Waals surface area contributed by atoms with Gasteiger partial charge in [-0.05, 0) is 116 Å². The van der Waals surface area contributed by atoms with Gasteiger partial charge < -0.3 is 0 Å². The molecule has 9 atom stereocenters. The number of allylic oxidation sites excluding steroid dienone is 1. The number of fused-ring (bicyclic) bond motifs is 7. The molecule has 0 saturated heterocycles. The summed E-state index contributed by atoms with van der Waals surface area (Å²) in [5, 5.41) is 0. The van der Waals surface area contributed by atoms with Crippen LogP contribution < -0.4 is 0 Å². The van der Waals surface area contributed by atoms with Crippen LogP contribution in [-0.2, 0) is 4.79 Å². The van der Waals surface area contributed by atoms with E-state index in [-0.39, 0.29) is 5.41 Å². The van der Waals surface area contributed by atoms with E-state index in [0.717, 1.165) is 36.5 Å². The van der Waals surface area contributed by atoms with Crippen molar-refractivity contribution in [2.45, 2.75) is 113 Å². The van der Waals surface area contributed by atoms with Gasteiger partial charge >= 0.3 is 0 Å². The predicted octanol–water partition coefficient (Wildman–Crippen LogP) is 8.23. The first-order valence-electron chi connectivity index (χ1n) is 13.5. The third-order valence-corrected chi connectivity index (χ3v) is 13.2. The van der Waals surface area contributed by atoms with E-state index in [9.17, 15) is 4.79 Å². The van der Waals surface area contributed by atoms with Crippen molar-refractivity contribution in [1.82, 2.24) is 0 Å². The van der Waals surface area contributed by atoms with Crippen molar-refractivity contribution in [3.63, 3.8) is 0 Å². The molecule has 1 heteroatoms. The summed E-state index contributed by atoms with van der Waals surface area (Å²) in [6.45, 7) is 22.0. The van der Waals surface area contributed by atoms with Gasteiger partial charge in [0.1, 0.15) is 5.78 Å². The van der Waals surface area contributed by atoms with Gasteiger partial charge in [0.05, 0.1) is 0 Å². The highest BCUT2D eigenvalue weighted by Crippen LogP contribution is 2.77. The maximum atomic E-state index is 12.9. The Morgan fingerprint density at radius 3 is 2.19 bits per heavy atom. The molecule has 0 aromatic rings. The molecule has 5 rings (SSSR count). The van der Waals surface area contributed by atoms with Gasteiger partial charge in [-0.25, -0.2) is 0 Å². The van der Waals surface area contributed by atoms with E-state index in [2.05, 4.69) is 55.0 Å². The summed E-state index contributed by atoms with van der Waals surface area (Å²) < 4.78 is 0. The molecule has 0 heterocycles. The predicted molar refractivity (Wildman–Crippen MR) is 130 cm³/mol. The van der Waals surface area contributed by atoms with Crippen LogP contribution in [0.25, 0.3) is 0 Å². The molecule has 5 aliphatic rings. The molecule has 0 amide bonds. The lowest BCUT2D eigenvalue weighted by atomic mass is 9.32. The van der Waals surface area contributed by atoms with E-state index in [1.165, 1.54) is 56.9 Å². The number of carbonyl (C=O) groups excluding carboxylic acids is 1. The van der Waals surface area contributed by atoms with Crippen LogP contribution in [0, 0.1) is 56.7 Å². The zero-order chi connectivity index (χ0) is 22.6. The molecule has 0 aromatic heterocycles.